The topological polar surface area (TPSA) is 27.6 Å². The molecule has 0 aliphatic carbocycles. The molecule has 1 aromatic rings. The van der Waals surface area contributed by atoms with E-state index in [0.29, 0.717) is 0 Å². The zero-order chi connectivity index (χ0) is 15.7. The van der Waals surface area contributed by atoms with E-state index in [4.69, 9.17) is 12.2 Å². The fourth-order valence-electron chi connectivity index (χ4n) is 2.86. The van der Waals surface area contributed by atoms with Gasteiger partial charge in [0.1, 0.15) is 4.99 Å². The molecule has 4 heteroatoms. The average molecular weight is 313 g/mol. The van der Waals surface area contributed by atoms with Crippen molar-refractivity contribution >= 4 is 29.0 Å². The Balaban J connectivity index is 1.83. The highest BCUT2D eigenvalue weighted by molar-refractivity contribution is 7.81. The van der Waals surface area contributed by atoms with E-state index in [2.05, 4.69) is 53.3 Å². The fourth-order valence-corrected chi connectivity index (χ4v) is 3.18. The summed E-state index contributed by atoms with van der Waals surface area (Å²) in [4.78, 5) is 7.87. The quantitative estimate of drug-likeness (QED) is 0.808. The number of allylic oxidation sites excluding steroid dienone is 2. The zero-order valence-corrected chi connectivity index (χ0v) is 14.3. The number of nitrogens with one attached hydrogen (secondary N) is 1. The summed E-state index contributed by atoms with van der Waals surface area (Å²) < 4.78 is 0. The van der Waals surface area contributed by atoms with Gasteiger partial charge in [0.05, 0.1) is 16.7 Å². The molecule has 22 heavy (non-hydrogen) atoms. The molecule has 2 aliphatic rings. The lowest BCUT2D eigenvalue weighted by molar-refractivity contribution is 0.286. The highest BCUT2D eigenvalue weighted by Gasteiger charge is 2.16. The van der Waals surface area contributed by atoms with Gasteiger partial charge in [0, 0.05) is 18.8 Å². The van der Waals surface area contributed by atoms with Crippen LogP contribution in [0, 0.1) is 5.92 Å². The first-order valence-corrected chi connectivity index (χ1v) is 8.37. The summed E-state index contributed by atoms with van der Waals surface area (Å²) in [5.41, 5.74) is 3.21. The largest absolute Gasteiger partial charge is 0.363 e. The van der Waals surface area contributed by atoms with Crippen LogP contribution in [-0.4, -0.2) is 23.0 Å². The lowest BCUT2D eigenvalue weighted by Crippen LogP contribution is -2.36. The highest BCUT2D eigenvalue weighted by atomic mass is 32.1. The molecule has 3 nitrogen and oxygen atoms in total. The molecule has 0 radical (unpaired) electrons. The van der Waals surface area contributed by atoms with Crippen molar-refractivity contribution < 1.29 is 0 Å². The normalized spacial score (nSPS) is 19.6. The van der Waals surface area contributed by atoms with Gasteiger partial charge in [0.25, 0.3) is 0 Å². The van der Waals surface area contributed by atoms with Gasteiger partial charge in [0.15, 0.2) is 0 Å². The molecular formula is C18H23N3S. The number of rotatable bonds is 1. The van der Waals surface area contributed by atoms with E-state index in [1.807, 2.05) is 6.92 Å². The van der Waals surface area contributed by atoms with Crippen LogP contribution in [0.2, 0.25) is 0 Å². The van der Waals surface area contributed by atoms with Crippen molar-refractivity contribution in [1.82, 2.24) is 4.90 Å². The van der Waals surface area contributed by atoms with Crippen molar-refractivity contribution in [3.8, 4) is 0 Å². The van der Waals surface area contributed by atoms with E-state index in [1.165, 1.54) is 12.8 Å². The van der Waals surface area contributed by atoms with Crippen LogP contribution in [0.4, 0.5) is 5.69 Å². The van der Waals surface area contributed by atoms with Gasteiger partial charge in [-0.2, -0.15) is 0 Å². The molecule has 0 saturated carbocycles. The lowest BCUT2D eigenvalue weighted by atomic mass is 9.99. The summed E-state index contributed by atoms with van der Waals surface area (Å²) in [5.74, 6) is 0.826. The third-order valence-electron chi connectivity index (χ3n) is 4.56. The molecule has 0 unspecified atom stereocenters. The van der Waals surface area contributed by atoms with E-state index in [1.54, 1.807) is 0 Å². The summed E-state index contributed by atoms with van der Waals surface area (Å²) >= 11 is 5.61. The van der Waals surface area contributed by atoms with E-state index in [-0.39, 0.29) is 0 Å². The van der Waals surface area contributed by atoms with E-state index < -0.39 is 0 Å². The second-order valence-corrected chi connectivity index (χ2v) is 6.79. The SMILES string of the molecule is CC1=C(C)Nc2cc(=CC(=S)N3CCC(C)CC3)ccc2=N1. The van der Waals surface area contributed by atoms with Crippen LogP contribution in [0.1, 0.15) is 33.6 Å². The number of likely N-dealkylation sites (tertiary alicyclic amines) is 1. The number of nitrogens with zero attached hydrogens (tertiary/aromatic N) is 2. The summed E-state index contributed by atoms with van der Waals surface area (Å²) in [5, 5.41) is 5.55. The molecule has 1 saturated heterocycles. The van der Waals surface area contributed by atoms with Crippen LogP contribution in [0.25, 0.3) is 6.08 Å². The maximum Gasteiger partial charge on any atom is 0.102 e. The summed E-state index contributed by atoms with van der Waals surface area (Å²) in [6, 6.07) is 6.29. The first-order valence-electron chi connectivity index (χ1n) is 7.97. The van der Waals surface area contributed by atoms with Crippen molar-refractivity contribution in [2.75, 3.05) is 18.4 Å². The maximum absolute atomic E-state index is 5.61. The lowest BCUT2D eigenvalue weighted by Gasteiger charge is -2.31. The monoisotopic (exact) mass is 313 g/mol. The van der Waals surface area contributed by atoms with Crippen molar-refractivity contribution in [2.24, 2.45) is 10.9 Å². The number of hydrogen-bond donors (Lipinski definition) is 1. The molecule has 1 fully saturated rings. The minimum atomic E-state index is 0.826. The van der Waals surface area contributed by atoms with Crippen molar-refractivity contribution in [1.29, 1.82) is 0 Å². The zero-order valence-electron chi connectivity index (χ0n) is 13.5. The molecule has 0 atom stereocenters. The van der Waals surface area contributed by atoms with Crippen molar-refractivity contribution in [2.45, 2.75) is 33.6 Å². The second kappa shape index (κ2) is 6.21. The van der Waals surface area contributed by atoms with Crippen LogP contribution in [-0.2, 0) is 0 Å². The average Bonchev–Trinajstić information content (AvgIpc) is 2.49. The minimum Gasteiger partial charge on any atom is -0.363 e. The standard InChI is InChI=1S/C18H23N3S/c1-12-6-8-21(9-7-12)18(22)11-15-4-5-16-17(10-15)20-14(3)13(2)19-16/h4-5,10-12,20H,6-9H2,1-3H3. The Kier molecular flexibility index (Phi) is 4.30. The molecule has 0 amide bonds. The Morgan fingerprint density at radius 2 is 2.05 bits per heavy atom. The molecule has 2 heterocycles. The summed E-state index contributed by atoms with van der Waals surface area (Å²) in [6.45, 7) is 8.56. The minimum absolute atomic E-state index is 0.826. The first kappa shape index (κ1) is 15.2. The predicted molar refractivity (Wildman–Crippen MR) is 96.3 cm³/mol. The van der Waals surface area contributed by atoms with Gasteiger partial charge in [-0.15, -0.1) is 0 Å². The number of benzene rings is 1. The van der Waals surface area contributed by atoms with Gasteiger partial charge in [0.2, 0.25) is 0 Å². The van der Waals surface area contributed by atoms with Gasteiger partial charge in [-0.25, -0.2) is 4.99 Å². The van der Waals surface area contributed by atoms with Gasteiger partial charge >= 0.3 is 0 Å². The molecule has 116 valence electrons. The number of thiocarbonyl (C=S) groups is 1. The van der Waals surface area contributed by atoms with E-state index >= 15 is 0 Å². The Bertz CT molecular complexity index is 740. The predicted octanol–water partition coefficient (Wildman–Crippen LogP) is 2.82. The van der Waals surface area contributed by atoms with Gasteiger partial charge in [-0.3, -0.25) is 0 Å². The second-order valence-electron chi connectivity index (χ2n) is 6.38. The molecule has 1 N–H and O–H groups in total. The fraction of sp³-hybridized carbons (Fsp3) is 0.444. The Hall–Kier alpha value is -1.68. The van der Waals surface area contributed by atoms with Crippen molar-refractivity contribution in [3.63, 3.8) is 0 Å². The number of piperidine rings is 1. The Labute approximate surface area is 137 Å². The Morgan fingerprint density at radius 3 is 2.77 bits per heavy atom. The maximum atomic E-state index is 5.61. The van der Waals surface area contributed by atoms with Gasteiger partial charge in [-0.05, 0) is 56.0 Å². The van der Waals surface area contributed by atoms with Crippen LogP contribution < -0.4 is 15.9 Å². The van der Waals surface area contributed by atoms with Crippen molar-refractivity contribution in [3.05, 3.63) is 40.2 Å². The summed E-state index contributed by atoms with van der Waals surface area (Å²) in [7, 11) is 0. The molecule has 0 aromatic heterocycles. The van der Waals surface area contributed by atoms with Gasteiger partial charge in [-0.1, -0.05) is 25.2 Å². The van der Waals surface area contributed by atoms with E-state index in [0.717, 1.165) is 51.7 Å². The molecule has 0 bridgehead atoms. The number of fused-ring (bicyclic) bond motifs is 1. The smallest absolute Gasteiger partial charge is 0.102 e. The van der Waals surface area contributed by atoms with Crippen LogP contribution in [0.5, 0.6) is 0 Å². The van der Waals surface area contributed by atoms with Crippen LogP contribution in [0.15, 0.2) is 34.6 Å². The summed E-state index contributed by atoms with van der Waals surface area (Å²) in [6.07, 6.45) is 4.58. The Morgan fingerprint density at radius 1 is 1.32 bits per heavy atom. The van der Waals surface area contributed by atoms with E-state index in [9.17, 15) is 0 Å². The van der Waals surface area contributed by atoms with Crippen LogP contribution in [0.3, 0.4) is 0 Å². The highest BCUT2D eigenvalue weighted by Crippen LogP contribution is 2.17. The number of hydrogen-bond acceptors (Lipinski definition) is 3. The molecule has 0 spiro atoms. The third-order valence-corrected chi connectivity index (χ3v) is 4.94. The van der Waals surface area contributed by atoms with Crippen LogP contribution >= 0.6 is 12.2 Å². The first-order chi connectivity index (χ1) is 10.5. The number of anilines is 1. The molecule has 3 rings (SSSR count). The molecule has 2 aliphatic heterocycles. The molecular weight excluding hydrogens is 290 g/mol. The third kappa shape index (κ3) is 3.22. The molecule has 1 aromatic carbocycles. The van der Waals surface area contributed by atoms with Gasteiger partial charge < -0.3 is 10.2 Å².